The summed E-state index contributed by atoms with van der Waals surface area (Å²) in [6, 6.07) is 70.6. The zero-order valence-corrected chi connectivity index (χ0v) is 34.1. The van der Waals surface area contributed by atoms with Crippen LogP contribution < -0.4 is 0 Å². The van der Waals surface area contributed by atoms with Crippen LogP contribution in [0.4, 0.5) is 0 Å². The van der Waals surface area contributed by atoms with Gasteiger partial charge in [0.1, 0.15) is 0 Å². The Balaban J connectivity index is 1.03. The summed E-state index contributed by atoms with van der Waals surface area (Å²) in [7, 11) is 0. The molecule has 0 saturated carbocycles. The van der Waals surface area contributed by atoms with Crippen LogP contribution in [0.15, 0.2) is 194 Å². The summed E-state index contributed by atoms with van der Waals surface area (Å²) in [5, 5.41) is 7.53. The van der Waals surface area contributed by atoms with Crippen LogP contribution in [0.25, 0.3) is 109 Å². The fourth-order valence-electron chi connectivity index (χ4n) is 9.72. The van der Waals surface area contributed by atoms with Crippen LogP contribution in [0.3, 0.4) is 0 Å². The number of thiophene rings is 1. The SMILES string of the molecule is CC1(C)c2cc3ccccc3cc2-c2c(-c3ccc(-c4cc(-c5cccc(-c6cccc7c6sc6ccccc67)c5)nc(-c5ccccc5)n4)c4ccccc34)cccc21. The molecular weight excluding hydrogens is 745 g/mol. The lowest BCUT2D eigenvalue weighted by molar-refractivity contribution is 0.661. The molecule has 1 aliphatic carbocycles. The number of aromatic nitrogens is 2. The summed E-state index contributed by atoms with van der Waals surface area (Å²) >= 11 is 1.86. The second kappa shape index (κ2) is 13.4. The van der Waals surface area contributed by atoms with Crippen LogP contribution in [0.1, 0.15) is 25.0 Å². The molecule has 0 saturated heterocycles. The second-order valence-corrected chi connectivity index (χ2v) is 17.5. The van der Waals surface area contributed by atoms with Crippen LogP contribution in [0, 0.1) is 0 Å². The number of benzene rings is 9. The Kier molecular flexibility index (Phi) is 7.79. The monoisotopic (exact) mass is 782 g/mol. The Morgan fingerprint density at radius 1 is 0.383 bits per heavy atom. The Hall–Kier alpha value is -7.20. The predicted octanol–water partition coefficient (Wildman–Crippen LogP) is 15.8. The molecular formula is C57H38N2S. The number of hydrogen-bond acceptors (Lipinski definition) is 3. The lowest BCUT2D eigenvalue weighted by Crippen LogP contribution is -2.14. The minimum Gasteiger partial charge on any atom is -0.228 e. The van der Waals surface area contributed by atoms with Gasteiger partial charge in [0, 0.05) is 42.3 Å². The Morgan fingerprint density at radius 3 is 1.85 bits per heavy atom. The summed E-state index contributed by atoms with van der Waals surface area (Å²) < 4.78 is 2.61. The fraction of sp³-hybridized carbons (Fsp3) is 0.0526. The van der Waals surface area contributed by atoms with Gasteiger partial charge in [-0.05, 0) is 96.4 Å². The van der Waals surface area contributed by atoms with E-state index in [-0.39, 0.29) is 5.41 Å². The lowest BCUT2D eigenvalue weighted by Gasteiger charge is -2.22. The molecule has 282 valence electrons. The van der Waals surface area contributed by atoms with Crippen molar-refractivity contribution in [3.8, 4) is 67.3 Å². The average molecular weight is 783 g/mol. The van der Waals surface area contributed by atoms with Gasteiger partial charge in [0.25, 0.3) is 0 Å². The highest BCUT2D eigenvalue weighted by atomic mass is 32.1. The van der Waals surface area contributed by atoms with E-state index in [2.05, 4.69) is 202 Å². The van der Waals surface area contributed by atoms with E-state index in [9.17, 15) is 0 Å². The first-order chi connectivity index (χ1) is 29.5. The first kappa shape index (κ1) is 34.8. The van der Waals surface area contributed by atoms with Gasteiger partial charge in [0.2, 0.25) is 0 Å². The third-order valence-corrected chi connectivity index (χ3v) is 13.9. The molecule has 11 aromatic rings. The molecule has 2 heterocycles. The van der Waals surface area contributed by atoms with Gasteiger partial charge in [-0.15, -0.1) is 11.3 Å². The van der Waals surface area contributed by atoms with Gasteiger partial charge >= 0.3 is 0 Å². The van der Waals surface area contributed by atoms with Crippen LogP contribution >= 0.6 is 11.3 Å². The molecule has 12 rings (SSSR count). The minimum atomic E-state index is -0.118. The second-order valence-electron chi connectivity index (χ2n) is 16.5. The zero-order valence-electron chi connectivity index (χ0n) is 33.3. The molecule has 0 unspecified atom stereocenters. The van der Waals surface area contributed by atoms with Gasteiger partial charge in [-0.1, -0.05) is 178 Å². The van der Waals surface area contributed by atoms with Crippen LogP contribution in [0.5, 0.6) is 0 Å². The zero-order chi connectivity index (χ0) is 40.0. The number of hydrogen-bond donors (Lipinski definition) is 0. The maximum absolute atomic E-state index is 5.32. The highest BCUT2D eigenvalue weighted by Gasteiger charge is 2.37. The lowest BCUT2D eigenvalue weighted by atomic mass is 9.81. The van der Waals surface area contributed by atoms with Gasteiger partial charge in [0.15, 0.2) is 5.82 Å². The summed E-state index contributed by atoms with van der Waals surface area (Å²) in [6.07, 6.45) is 0. The molecule has 3 heteroatoms. The molecule has 9 aromatic carbocycles. The molecule has 0 atom stereocenters. The summed E-state index contributed by atoms with van der Waals surface area (Å²) in [4.78, 5) is 10.6. The van der Waals surface area contributed by atoms with E-state index in [1.54, 1.807) is 0 Å². The predicted molar refractivity (Wildman–Crippen MR) is 255 cm³/mol. The Morgan fingerprint density at radius 2 is 1.00 bits per heavy atom. The van der Waals surface area contributed by atoms with Gasteiger partial charge in [0.05, 0.1) is 11.4 Å². The van der Waals surface area contributed by atoms with Crippen molar-refractivity contribution in [3.63, 3.8) is 0 Å². The van der Waals surface area contributed by atoms with Crippen molar-refractivity contribution in [3.05, 3.63) is 205 Å². The van der Waals surface area contributed by atoms with E-state index in [1.165, 1.54) is 80.8 Å². The van der Waals surface area contributed by atoms with E-state index in [4.69, 9.17) is 9.97 Å². The highest BCUT2D eigenvalue weighted by Crippen LogP contribution is 2.54. The van der Waals surface area contributed by atoms with Crippen molar-refractivity contribution in [2.24, 2.45) is 0 Å². The third-order valence-electron chi connectivity index (χ3n) is 12.7. The molecule has 2 aromatic heterocycles. The number of fused-ring (bicyclic) bond motifs is 8. The molecule has 0 bridgehead atoms. The Bertz CT molecular complexity index is 3520. The number of nitrogens with zero attached hydrogens (tertiary/aromatic N) is 2. The molecule has 0 spiro atoms. The van der Waals surface area contributed by atoms with E-state index in [1.807, 2.05) is 17.4 Å². The molecule has 1 aliphatic rings. The van der Waals surface area contributed by atoms with Crippen LogP contribution in [0.2, 0.25) is 0 Å². The largest absolute Gasteiger partial charge is 0.228 e. The topological polar surface area (TPSA) is 25.8 Å². The molecule has 2 nitrogen and oxygen atoms in total. The standard InChI is InChI=1S/C57H38N2S/c1-57(2)49-27-14-25-46(54(49)48-32-36-17-6-7-18-37(36)33-50(48)57)43-29-30-44(42-22-9-8-21-41(42)43)52-34-51(58-56(59-52)35-15-4-3-5-16-35)39-20-12-19-38(31-39)40-24-13-26-47-45-23-10-11-28-53(45)60-55(40)47/h3-34H,1-2H3. The maximum atomic E-state index is 5.32. The van der Waals surface area contributed by atoms with E-state index >= 15 is 0 Å². The van der Waals surface area contributed by atoms with Crippen molar-refractivity contribution in [1.29, 1.82) is 0 Å². The molecule has 0 amide bonds. The highest BCUT2D eigenvalue weighted by molar-refractivity contribution is 7.26. The fourth-order valence-corrected chi connectivity index (χ4v) is 11.0. The van der Waals surface area contributed by atoms with Crippen molar-refractivity contribution in [1.82, 2.24) is 9.97 Å². The van der Waals surface area contributed by atoms with Gasteiger partial charge in [-0.3, -0.25) is 0 Å². The van der Waals surface area contributed by atoms with Crippen molar-refractivity contribution >= 4 is 53.1 Å². The average Bonchev–Trinajstić information content (AvgIpc) is 3.80. The van der Waals surface area contributed by atoms with Crippen LogP contribution in [-0.4, -0.2) is 9.97 Å². The summed E-state index contributed by atoms with van der Waals surface area (Å²) in [5.74, 6) is 0.709. The van der Waals surface area contributed by atoms with Gasteiger partial charge in [-0.25, -0.2) is 9.97 Å². The van der Waals surface area contributed by atoms with Gasteiger partial charge < -0.3 is 0 Å². The summed E-state index contributed by atoms with van der Waals surface area (Å²) in [5.41, 5.74) is 15.1. The summed E-state index contributed by atoms with van der Waals surface area (Å²) in [6.45, 7) is 4.74. The van der Waals surface area contributed by atoms with Gasteiger partial charge in [-0.2, -0.15) is 0 Å². The quantitative estimate of drug-likeness (QED) is 0.174. The first-order valence-corrected chi connectivity index (χ1v) is 21.5. The van der Waals surface area contributed by atoms with Crippen molar-refractivity contribution in [2.45, 2.75) is 19.3 Å². The Labute approximate surface area is 353 Å². The third kappa shape index (κ3) is 5.40. The maximum Gasteiger partial charge on any atom is 0.160 e. The van der Waals surface area contributed by atoms with Crippen molar-refractivity contribution in [2.75, 3.05) is 0 Å². The molecule has 60 heavy (non-hydrogen) atoms. The van der Waals surface area contributed by atoms with E-state index < -0.39 is 0 Å². The smallest absolute Gasteiger partial charge is 0.160 e. The molecule has 0 N–H and O–H groups in total. The molecule has 0 aliphatic heterocycles. The van der Waals surface area contributed by atoms with E-state index in [0.717, 1.165) is 33.5 Å². The van der Waals surface area contributed by atoms with E-state index in [0.29, 0.717) is 5.82 Å². The molecule has 0 radical (unpaired) electrons. The minimum absolute atomic E-state index is 0.118. The normalized spacial score (nSPS) is 13.0. The molecule has 0 fully saturated rings. The number of rotatable bonds is 5. The van der Waals surface area contributed by atoms with Crippen molar-refractivity contribution < 1.29 is 0 Å². The van der Waals surface area contributed by atoms with Crippen LogP contribution in [-0.2, 0) is 5.41 Å². The first-order valence-electron chi connectivity index (χ1n) is 20.6.